The molecule has 2 aromatic rings. The first-order valence-electron chi connectivity index (χ1n) is 5.48. The van der Waals surface area contributed by atoms with E-state index in [1.807, 2.05) is 6.07 Å². The number of nitrogens with zero attached hydrogens (tertiary/aromatic N) is 2. The predicted molar refractivity (Wildman–Crippen MR) is 65.9 cm³/mol. The zero-order chi connectivity index (χ0) is 13.1. The Hall–Kier alpha value is -2.14. The number of aromatic nitrogens is 2. The summed E-state index contributed by atoms with van der Waals surface area (Å²) in [7, 11) is 3.11. The lowest BCUT2D eigenvalue weighted by atomic mass is 10.0. The van der Waals surface area contributed by atoms with Crippen molar-refractivity contribution in [2.24, 2.45) is 7.05 Å². The lowest BCUT2D eigenvalue weighted by molar-refractivity contribution is 0.0601. The molecular formula is C13H14N2O3. The first-order chi connectivity index (χ1) is 8.67. The number of rotatable bonds is 3. The summed E-state index contributed by atoms with van der Waals surface area (Å²) in [5.74, 6) is -0.383. The Balaban J connectivity index is 2.48. The normalized spacial score (nSPS) is 10.4. The quantitative estimate of drug-likeness (QED) is 0.831. The van der Waals surface area contributed by atoms with E-state index in [4.69, 9.17) is 0 Å². The summed E-state index contributed by atoms with van der Waals surface area (Å²) < 4.78 is 6.29. The van der Waals surface area contributed by atoms with Gasteiger partial charge in [0, 0.05) is 12.6 Å². The standard InChI is InChI=1S/C13H14N2O3/c1-15-12(8-16)11(7-14-15)9-4-3-5-10(6-9)13(17)18-2/h3-7,16H,8H2,1-2H3. The number of carbonyl (C=O) groups is 1. The highest BCUT2D eigenvalue weighted by Gasteiger charge is 2.12. The minimum absolute atomic E-state index is 0.103. The molecule has 0 aliphatic rings. The molecule has 94 valence electrons. The van der Waals surface area contributed by atoms with Crippen molar-refractivity contribution in [2.45, 2.75) is 6.61 Å². The van der Waals surface area contributed by atoms with Crippen LogP contribution in [0.1, 0.15) is 16.1 Å². The van der Waals surface area contributed by atoms with Crippen LogP contribution >= 0.6 is 0 Å². The van der Waals surface area contributed by atoms with Gasteiger partial charge in [-0.15, -0.1) is 0 Å². The number of hydrogen-bond acceptors (Lipinski definition) is 4. The number of aliphatic hydroxyl groups is 1. The molecule has 1 N–H and O–H groups in total. The first-order valence-corrected chi connectivity index (χ1v) is 5.48. The second-order valence-corrected chi connectivity index (χ2v) is 3.86. The van der Waals surface area contributed by atoms with Crippen LogP contribution in [0.4, 0.5) is 0 Å². The monoisotopic (exact) mass is 246 g/mol. The van der Waals surface area contributed by atoms with Crippen LogP contribution in [0.5, 0.6) is 0 Å². The van der Waals surface area contributed by atoms with Gasteiger partial charge in [-0.1, -0.05) is 12.1 Å². The summed E-state index contributed by atoms with van der Waals surface area (Å²) in [5.41, 5.74) is 2.82. The molecule has 1 aromatic heterocycles. The number of ether oxygens (including phenoxy) is 1. The minimum atomic E-state index is -0.383. The van der Waals surface area contributed by atoms with Crippen molar-refractivity contribution < 1.29 is 14.6 Å². The van der Waals surface area contributed by atoms with Crippen molar-refractivity contribution in [3.8, 4) is 11.1 Å². The van der Waals surface area contributed by atoms with Crippen molar-refractivity contribution >= 4 is 5.97 Å². The fourth-order valence-corrected chi connectivity index (χ4v) is 1.82. The molecule has 0 radical (unpaired) electrons. The molecular weight excluding hydrogens is 232 g/mol. The molecule has 0 fully saturated rings. The molecule has 0 aliphatic carbocycles. The van der Waals surface area contributed by atoms with Crippen molar-refractivity contribution in [1.82, 2.24) is 9.78 Å². The highest BCUT2D eigenvalue weighted by atomic mass is 16.5. The summed E-state index contributed by atoms with van der Waals surface area (Å²) in [4.78, 5) is 11.5. The lowest BCUT2D eigenvalue weighted by Crippen LogP contribution is -2.01. The van der Waals surface area contributed by atoms with Crippen LogP contribution in [0, 0.1) is 0 Å². The lowest BCUT2D eigenvalue weighted by Gasteiger charge is -2.05. The third-order valence-corrected chi connectivity index (χ3v) is 2.81. The third kappa shape index (κ3) is 2.12. The maximum absolute atomic E-state index is 11.5. The Kier molecular flexibility index (Phi) is 3.43. The predicted octanol–water partition coefficient (Wildman–Crippen LogP) is 1.37. The van der Waals surface area contributed by atoms with E-state index in [2.05, 4.69) is 9.84 Å². The van der Waals surface area contributed by atoms with Crippen molar-refractivity contribution in [3.63, 3.8) is 0 Å². The molecule has 0 saturated carbocycles. The maximum Gasteiger partial charge on any atom is 0.337 e. The molecule has 0 amide bonds. The van der Waals surface area contributed by atoms with Crippen LogP contribution < -0.4 is 0 Å². The number of carbonyl (C=O) groups excluding carboxylic acids is 1. The molecule has 0 atom stereocenters. The van der Waals surface area contributed by atoms with Crippen molar-refractivity contribution in [3.05, 3.63) is 41.7 Å². The zero-order valence-corrected chi connectivity index (χ0v) is 10.3. The smallest absolute Gasteiger partial charge is 0.337 e. The van der Waals surface area contributed by atoms with Crippen LogP contribution in [0.3, 0.4) is 0 Å². The summed E-state index contributed by atoms with van der Waals surface area (Å²) in [6.45, 7) is -0.103. The second-order valence-electron chi connectivity index (χ2n) is 3.86. The highest BCUT2D eigenvalue weighted by molar-refractivity contribution is 5.91. The SMILES string of the molecule is COC(=O)c1cccc(-c2cnn(C)c2CO)c1. The highest BCUT2D eigenvalue weighted by Crippen LogP contribution is 2.24. The largest absolute Gasteiger partial charge is 0.465 e. The first kappa shape index (κ1) is 12.3. The molecule has 0 aliphatic heterocycles. The Morgan fingerprint density at radius 3 is 2.94 bits per heavy atom. The minimum Gasteiger partial charge on any atom is -0.465 e. The van der Waals surface area contributed by atoms with Gasteiger partial charge in [0.15, 0.2) is 0 Å². The van der Waals surface area contributed by atoms with Crippen molar-refractivity contribution in [1.29, 1.82) is 0 Å². The summed E-state index contributed by atoms with van der Waals surface area (Å²) in [6.07, 6.45) is 1.67. The van der Waals surface area contributed by atoms with Gasteiger partial charge in [-0.05, 0) is 17.7 Å². The molecule has 2 rings (SSSR count). The number of methoxy groups -OCH3 is 1. The van der Waals surface area contributed by atoms with E-state index in [1.165, 1.54) is 7.11 Å². The molecule has 5 heteroatoms. The molecule has 0 bridgehead atoms. The number of aryl methyl sites for hydroxylation is 1. The van der Waals surface area contributed by atoms with E-state index in [-0.39, 0.29) is 12.6 Å². The summed E-state index contributed by atoms with van der Waals surface area (Å²) >= 11 is 0. The number of benzene rings is 1. The molecule has 0 spiro atoms. The average molecular weight is 246 g/mol. The molecule has 18 heavy (non-hydrogen) atoms. The van der Waals surface area contributed by atoms with E-state index >= 15 is 0 Å². The van der Waals surface area contributed by atoms with Crippen LogP contribution in [0.15, 0.2) is 30.5 Å². The van der Waals surface area contributed by atoms with Crippen LogP contribution in [-0.2, 0) is 18.4 Å². The average Bonchev–Trinajstić information content (AvgIpc) is 2.79. The number of aliphatic hydroxyl groups excluding tert-OH is 1. The van der Waals surface area contributed by atoms with E-state index in [0.717, 1.165) is 11.1 Å². The van der Waals surface area contributed by atoms with Crippen LogP contribution in [0.25, 0.3) is 11.1 Å². The Bertz CT molecular complexity index is 575. The third-order valence-electron chi connectivity index (χ3n) is 2.81. The number of esters is 1. The van der Waals surface area contributed by atoms with E-state index in [1.54, 1.807) is 36.1 Å². The van der Waals surface area contributed by atoms with Gasteiger partial charge < -0.3 is 9.84 Å². The fraction of sp³-hybridized carbons (Fsp3) is 0.231. The topological polar surface area (TPSA) is 64.3 Å². The van der Waals surface area contributed by atoms with Gasteiger partial charge in [-0.2, -0.15) is 5.10 Å². The summed E-state index contributed by atoms with van der Waals surface area (Å²) in [6, 6.07) is 7.05. The second kappa shape index (κ2) is 5.01. The van der Waals surface area contributed by atoms with E-state index < -0.39 is 0 Å². The van der Waals surface area contributed by atoms with Crippen LogP contribution in [-0.4, -0.2) is 28.0 Å². The summed E-state index contributed by atoms with van der Waals surface area (Å²) in [5, 5.41) is 13.4. The molecule has 1 heterocycles. The Labute approximate surface area is 105 Å². The fourth-order valence-electron chi connectivity index (χ4n) is 1.82. The van der Waals surface area contributed by atoms with Crippen LogP contribution in [0.2, 0.25) is 0 Å². The Morgan fingerprint density at radius 1 is 1.50 bits per heavy atom. The van der Waals surface area contributed by atoms with Gasteiger partial charge in [0.25, 0.3) is 0 Å². The van der Waals surface area contributed by atoms with Gasteiger partial charge in [0.1, 0.15) is 0 Å². The van der Waals surface area contributed by atoms with E-state index in [0.29, 0.717) is 11.3 Å². The van der Waals surface area contributed by atoms with E-state index in [9.17, 15) is 9.90 Å². The van der Waals surface area contributed by atoms with Gasteiger partial charge in [-0.3, -0.25) is 4.68 Å². The molecule has 0 unspecified atom stereocenters. The van der Waals surface area contributed by atoms with Gasteiger partial charge in [0.05, 0.1) is 31.2 Å². The maximum atomic E-state index is 11.5. The zero-order valence-electron chi connectivity index (χ0n) is 10.3. The van der Waals surface area contributed by atoms with Gasteiger partial charge >= 0.3 is 5.97 Å². The molecule has 5 nitrogen and oxygen atoms in total. The van der Waals surface area contributed by atoms with Gasteiger partial charge in [0.2, 0.25) is 0 Å². The molecule has 0 saturated heterocycles. The molecule has 1 aromatic carbocycles. The van der Waals surface area contributed by atoms with Gasteiger partial charge in [-0.25, -0.2) is 4.79 Å². The van der Waals surface area contributed by atoms with Crippen molar-refractivity contribution in [2.75, 3.05) is 7.11 Å². The number of hydrogen-bond donors (Lipinski definition) is 1. The Morgan fingerprint density at radius 2 is 2.28 bits per heavy atom.